The summed E-state index contributed by atoms with van der Waals surface area (Å²) in [6.45, 7) is 2.36. The molecule has 1 saturated carbocycles. The van der Waals surface area contributed by atoms with E-state index in [1.54, 1.807) is 7.11 Å². The Hall–Kier alpha value is -0.580. The summed E-state index contributed by atoms with van der Waals surface area (Å²) in [5, 5.41) is 3.50. The first-order chi connectivity index (χ1) is 8.79. The SMILES string of the molecule is COCCCOc1ccc(CNC2CC2)cc1Br. The van der Waals surface area contributed by atoms with Crippen LogP contribution in [0.5, 0.6) is 5.75 Å². The third-order valence-corrected chi connectivity index (χ3v) is 3.54. The molecule has 0 bridgehead atoms. The number of benzene rings is 1. The average molecular weight is 314 g/mol. The van der Waals surface area contributed by atoms with Gasteiger partial charge in [0.05, 0.1) is 11.1 Å². The summed E-state index contributed by atoms with van der Waals surface area (Å²) in [5.74, 6) is 0.904. The Balaban J connectivity index is 1.79. The Morgan fingerprint density at radius 3 is 2.83 bits per heavy atom. The third-order valence-electron chi connectivity index (χ3n) is 2.92. The van der Waals surface area contributed by atoms with E-state index in [2.05, 4.69) is 33.4 Å². The molecule has 0 atom stereocenters. The second kappa shape index (κ2) is 7.12. The van der Waals surface area contributed by atoms with Gasteiger partial charge in [-0.15, -0.1) is 0 Å². The molecule has 0 aromatic heterocycles. The molecule has 0 unspecified atom stereocenters. The highest BCUT2D eigenvalue weighted by Crippen LogP contribution is 2.27. The summed E-state index contributed by atoms with van der Waals surface area (Å²) >= 11 is 3.55. The van der Waals surface area contributed by atoms with Crippen molar-refractivity contribution < 1.29 is 9.47 Å². The molecule has 4 heteroatoms. The van der Waals surface area contributed by atoms with Gasteiger partial charge in [0, 0.05) is 32.7 Å². The molecule has 2 rings (SSSR count). The summed E-state index contributed by atoms with van der Waals surface area (Å²) in [4.78, 5) is 0. The Morgan fingerprint density at radius 1 is 1.33 bits per heavy atom. The lowest BCUT2D eigenvalue weighted by Gasteiger charge is -2.10. The minimum Gasteiger partial charge on any atom is -0.492 e. The van der Waals surface area contributed by atoms with E-state index in [-0.39, 0.29) is 0 Å². The zero-order valence-corrected chi connectivity index (χ0v) is 12.3. The highest BCUT2D eigenvalue weighted by molar-refractivity contribution is 9.10. The van der Waals surface area contributed by atoms with Crippen LogP contribution in [0, 0.1) is 0 Å². The number of nitrogens with one attached hydrogen (secondary N) is 1. The second-order valence-corrected chi connectivity index (χ2v) is 5.47. The van der Waals surface area contributed by atoms with Crippen molar-refractivity contribution in [3.8, 4) is 5.75 Å². The molecule has 3 nitrogen and oxygen atoms in total. The van der Waals surface area contributed by atoms with Gasteiger partial charge < -0.3 is 14.8 Å². The predicted octanol–water partition coefficient (Wildman–Crippen LogP) is 3.12. The fourth-order valence-corrected chi connectivity index (χ4v) is 2.25. The van der Waals surface area contributed by atoms with Crippen LogP contribution in [0.2, 0.25) is 0 Å². The summed E-state index contributed by atoms with van der Waals surface area (Å²) in [5.41, 5.74) is 1.29. The smallest absolute Gasteiger partial charge is 0.133 e. The van der Waals surface area contributed by atoms with Gasteiger partial charge in [-0.1, -0.05) is 6.07 Å². The van der Waals surface area contributed by atoms with Crippen LogP contribution < -0.4 is 10.1 Å². The first-order valence-corrected chi connectivity index (χ1v) is 7.22. The molecule has 1 aromatic carbocycles. The fourth-order valence-electron chi connectivity index (χ4n) is 1.71. The topological polar surface area (TPSA) is 30.5 Å². The van der Waals surface area contributed by atoms with Crippen LogP contribution in [0.4, 0.5) is 0 Å². The van der Waals surface area contributed by atoms with Gasteiger partial charge in [0.25, 0.3) is 0 Å². The molecule has 100 valence electrons. The predicted molar refractivity (Wildman–Crippen MR) is 76.0 cm³/mol. The van der Waals surface area contributed by atoms with Gasteiger partial charge in [-0.3, -0.25) is 0 Å². The molecule has 1 aliphatic carbocycles. The van der Waals surface area contributed by atoms with E-state index in [1.807, 2.05) is 6.07 Å². The van der Waals surface area contributed by atoms with Crippen LogP contribution in [-0.4, -0.2) is 26.4 Å². The quantitative estimate of drug-likeness (QED) is 0.748. The summed E-state index contributed by atoms with van der Waals surface area (Å²) in [7, 11) is 1.71. The molecule has 0 heterocycles. The molecule has 1 fully saturated rings. The van der Waals surface area contributed by atoms with E-state index in [4.69, 9.17) is 9.47 Å². The van der Waals surface area contributed by atoms with Crippen molar-refractivity contribution >= 4 is 15.9 Å². The van der Waals surface area contributed by atoms with Gasteiger partial charge in [0.15, 0.2) is 0 Å². The van der Waals surface area contributed by atoms with Crippen LogP contribution in [0.15, 0.2) is 22.7 Å². The maximum atomic E-state index is 5.68. The van der Waals surface area contributed by atoms with Crippen LogP contribution in [0.1, 0.15) is 24.8 Å². The minimum absolute atomic E-state index is 0.687. The van der Waals surface area contributed by atoms with Crippen molar-refractivity contribution in [2.45, 2.75) is 31.8 Å². The zero-order chi connectivity index (χ0) is 12.8. The van der Waals surface area contributed by atoms with Crippen LogP contribution in [0.25, 0.3) is 0 Å². The van der Waals surface area contributed by atoms with Crippen molar-refractivity contribution in [1.29, 1.82) is 0 Å². The molecule has 0 radical (unpaired) electrons. The van der Waals surface area contributed by atoms with Crippen LogP contribution in [0.3, 0.4) is 0 Å². The molecule has 0 saturated heterocycles. The first kappa shape index (κ1) is 13.8. The lowest BCUT2D eigenvalue weighted by Crippen LogP contribution is -2.15. The number of hydrogen-bond acceptors (Lipinski definition) is 3. The number of rotatable bonds is 8. The maximum absolute atomic E-state index is 5.68. The van der Waals surface area contributed by atoms with Gasteiger partial charge >= 0.3 is 0 Å². The van der Waals surface area contributed by atoms with E-state index in [1.165, 1.54) is 18.4 Å². The van der Waals surface area contributed by atoms with Gasteiger partial charge in [-0.05, 0) is 46.5 Å². The molecule has 1 N–H and O–H groups in total. The van der Waals surface area contributed by atoms with Gasteiger partial charge in [-0.2, -0.15) is 0 Å². The van der Waals surface area contributed by atoms with E-state index in [0.29, 0.717) is 6.61 Å². The summed E-state index contributed by atoms with van der Waals surface area (Å²) in [6.07, 6.45) is 3.55. The third kappa shape index (κ3) is 4.59. The summed E-state index contributed by atoms with van der Waals surface area (Å²) < 4.78 is 11.7. The van der Waals surface area contributed by atoms with Crippen molar-refractivity contribution in [1.82, 2.24) is 5.32 Å². The maximum Gasteiger partial charge on any atom is 0.133 e. The average Bonchev–Trinajstić information content (AvgIpc) is 3.18. The van der Waals surface area contributed by atoms with E-state index in [9.17, 15) is 0 Å². The van der Waals surface area contributed by atoms with Crippen molar-refractivity contribution in [3.05, 3.63) is 28.2 Å². The van der Waals surface area contributed by atoms with Crippen molar-refractivity contribution in [2.75, 3.05) is 20.3 Å². The Kier molecular flexibility index (Phi) is 5.47. The van der Waals surface area contributed by atoms with Crippen molar-refractivity contribution in [3.63, 3.8) is 0 Å². The molecule has 18 heavy (non-hydrogen) atoms. The van der Waals surface area contributed by atoms with Gasteiger partial charge in [0.1, 0.15) is 5.75 Å². The molecule has 0 aliphatic heterocycles. The fraction of sp³-hybridized carbons (Fsp3) is 0.571. The highest BCUT2D eigenvalue weighted by Gasteiger charge is 2.19. The number of hydrogen-bond donors (Lipinski definition) is 1. The summed E-state index contributed by atoms with van der Waals surface area (Å²) in [6, 6.07) is 7.02. The Labute approximate surface area is 117 Å². The lowest BCUT2D eigenvalue weighted by atomic mass is 10.2. The molecular weight excluding hydrogens is 294 g/mol. The lowest BCUT2D eigenvalue weighted by molar-refractivity contribution is 0.172. The normalized spacial score (nSPS) is 14.8. The minimum atomic E-state index is 0.687. The van der Waals surface area contributed by atoms with Gasteiger partial charge in [0.2, 0.25) is 0 Å². The Morgan fingerprint density at radius 2 is 2.17 bits per heavy atom. The second-order valence-electron chi connectivity index (χ2n) is 4.61. The van der Waals surface area contributed by atoms with Crippen molar-refractivity contribution in [2.24, 2.45) is 0 Å². The van der Waals surface area contributed by atoms with Gasteiger partial charge in [-0.25, -0.2) is 0 Å². The van der Waals surface area contributed by atoms with E-state index < -0.39 is 0 Å². The van der Waals surface area contributed by atoms with E-state index >= 15 is 0 Å². The standard InChI is InChI=1S/C14H20BrNO2/c1-17-7-2-8-18-14-6-3-11(9-13(14)15)10-16-12-4-5-12/h3,6,9,12,16H,2,4-5,7-8,10H2,1H3. The first-order valence-electron chi connectivity index (χ1n) is 6.43. The molecular formula is C14H20BrNO2. The molecule has 0 amide bonds. The largest absolute Gasteiger partial charge is 0.492 e. The Bertz CT molecular complexity index is 380. The van der Waals surface area contributed by atoms with Crippen LogP contribution in [-0.2, 0) is 11.3 Å². The highest BCUT2D eigenvalue weighted by atomic mass is 79.9. The number of halogens is 1. The molecule has 1 aliphatic rings. The van der Waals surface area contributed by atoms with Crippen LogP contribution >= 0.6 is 15.9 Å². The van der Waals surface area contributed by atoms with E-state index in [0.717, 1.165) is 35.8 Å². The molecule has 1 aromatic rings. The number of methoxy groups -OCH3 is 1. The molecule has 0 spiro atoms. The zero-order valence-electron chi connectivity index (χ0n) is 10.7. The monoisotopic (exact) mass is 313 g/mol. The number of ether oxygens (including phenoxy) is 2.